The van der Waals surface area contributed by atoms with Crippen LogP contribution in [0.3, 0.4) is 0 Å². The van der Waals surface area contributed by atoms with Crippen molar-refractivity contribution in [2.24, 2.45) is 0 Å². The van der Waals surface area contributed by atoms with Gasteiger partial charge in [0, 0.05) is 39.3 Å². The number of nitrogens with zero attached hydrogens (tertiary/aromatic N) is 2. The topological polar surface area (TPSA) is 44.8 Å². The minimum absolute atomic E-state index is 0.0226. The van der Waals surface area contributed by atoms with Gasteiger partial charge >= 0.3 is 6.03 Å². The lowest BCUT2D eigenvalue weighted by Crippen LogP contribution is -2.51. The SMILES string of the molecule is COc1ccccc1CCNC(=O)N1CCN(C/C=C/c2ccccc2)CC1. The molecule has 5 heteroatoms. The summed E-state index contributed by atoms with van der Waals surface area (Å²) >= 11 is 0. The summed E-state index contributed by atoms with van der Waals surface area (Å²) in [7, 11) is 1.67. The molecule has 2 aromatic rings. The lowest BCUT2D eigenvalue weighted by molar-refractivity contribution is 0.147. The maximum Gasteiger partial charge on any atom is 0.317 e. The highest BCUT2D eigenvalue weighted by molar-refractivity contribution is 5.74. The Morgan fingerprint density at radius 3 is 2.50 bits per heavy atom. The van der Waals surface area contributed by atoms with Gasteiger partial charge in [-0.25, -0.2) is 4.79 Å². The predicted molar refractivity (Wildman–Crippen MR) is 114 cm³/mol. The molecule has 0 bridgehead atoms. The summed E-state index contributed by atoms with van der Waals surface area (Å²) in [5.74, 6) is 0.869. The fraction of sp³-hybridized carbons (Fsp3) is 0.348. The van der Waals surface area contributed by atoms with Crippen LogP contribution in [0.5, 0.6) is 5.75 Å². The van der Waals surface area contributed by atoms with Gasteiger partial charge in [-0.05, 0) is 23.6 Å². The van der Waals surface area contributed by atoms with Gasteiger partial charge in [0.1, 0.15) is 5.75 Å². The van der Waals surface area contributed by atoms with E-state index in [1.807, 2.05) is 47.4 Å². The first-order valence-corrected chi connectivity index (χ1v) is 9.85. The summed E-state index contributed by atoms with van der Waals surface area (Å²) in [4.78, 5) is 16.7. The normalized spacial score (nSPS) is 15.0. The van der Waals surface area contributed by atoms with E-state index in [2.05, 4.69) is 34.5 Å². The third-order valence-electron chi connectivity index (χ3n) is 5.00. The average Bonchev–Trinajstić information content (AvgIpc) is 2.75. The number of hydrogen-bond acceptors (Lipinski definition) is 3. The van der Waals surface area contributed by atoms with Crippen LogP contribution in [0, 0.1) is 0 Å². The molecule has 5 nitrogen and oxygen atoms in total. The zero-order valence-electron chi connectivity index (χ0n) is 16.5. The molecule has 2 aromatic carbocycles. The lowest BCUT2D eigenvalue weighted by atomic mass is 10.1. The number of carbonyl (C=O) groups excluding carboxylic acids is 1. The molecule has 1 aliphatic rings. The lowest BCUT2D eigenvalue weighted by Gasteiger charge is -2.34. The van der Waals surface area contributed by atoms with E-state index < -0.39 is 0 Å². The van der Waals surface area contributed by atoms with Crippen LogP contribution in [0.15, 0.2) is 60.7 Å². The summed E-state index contributed by atoms with van der Waals surface area (Å²) in [6.07, 6.45) is 5.11. The van der Waals surface area contributed by atoms with Gasteiger partial charge in [0.25, 0.3) is 0 Å². The zero-order chi connectivity index (χ0) is 19.6. The summed E-state index contributed by atoms with van der Waals surface area (Å²) in [6, 6.07) is 18.3. The Morgan fingerprint density at radius 1 is 1.04 bits per heavy atom. The summed E-state index contributed by atoms with van der Waals surface area (Å²) < 4.78 is 5.36. The Hall–Kier alpha value is -2.79. The Kier molecular flexibility index (Phi) is 7.50. The van der Waals surface area contributed by atoms with Crippen molar-refractivity contribution in [1.29, 1.82) is 0 Å². The van der Waals surface area contributed by atoms with E-state index in [9.17, 15) is 4.79 Å². The summed E-state index contributed by atoms with van der Waals surface area (Å²) in [5.41, 5.74) is 2.33. The minimum Gasteiger partial charge on any atom is -0.496 e. The van der Waals surface area contributed by atoms with Gasteiger partial charge in [-0.15, -0.1) is 0 Å². The molecule has 0 aromatic heterocycles. The number of urea groups is 1. The van der Waals surface area contributed by atoms with Gasteiger partial charge in [-0.2, -0.15) is 0 Å². The molecule has 0 spiro atoms. The molecule has 0 aliphatic carbocycles. The molecular formula is C23H29N3O2. The van der Waals surface area contributed by atoms with Crippen molar-refractivity contribution in [2.45, 2.75) is 6.42 Å². The molecule has 1 heterocycles. The smallest absolute Gasteiger partial charge is 0.317 e. The van der Waals surface area contributed by atoms with Gasteiger partial charge in [-0.3, -0.25) is 4.90 Å². The van der Waals surface area contributed by atoms with Gasteiger partial charge in [0.05, 0.1) is 7.11 Å². The first-order chi connectivity index (χ1) is 13.8. The van der Waals surface area contributed by atoms with Crippen LogP contribution in [0.25, 0.3) is 6.08 Å². The molecule has 28 heavy (non-hydrogen) atoms. The van der Waals surface area contributed by atoms with Crippen molar-refractivity contribution in [2.75, 3.05) is 46.4 Å². The number of ether oxygens (including phenoxy) is 1. The molecule has 1 aliphatic heterocycles. The molecule has 0 radical (unpaired) electrons. The largest absolute Gasteiger partial charge is 0.496 e. The number of benzene rings is 2. The highest BCUT2D eigenvalue weighted by Crippen LogP contribution is 2.17. The molecular weight excluding hydrogens is 350 g/mol. The number of carbonyl (C=O) groups is 1. The van der Waals surface area contributed by atoms with Crippen molar-refractivity contribution in [3.63, 3.8) is 0 Å². The second-order valence-electron chi connectivity index (χ2n) is 6.89. The Morgan fingerprint density at radius 2 is 1.75 bits per heavy atom. The van der Waals surface area contributed by atoms with Crippen molar-refractivity contribution >= 4 is 12.1 Å². The maximum atomic E-state index is 12.4. The molecule has 1 saturated heterocycles. The fourth-order valence-corrected chi connectivity index (χ4v) is 3.36. The van der Waals surface area contributed by atoms with Crippen molar-refractivity contribution in [3.8, 4) is 5.75 Å². The quantitative estimate of drug-likeness (QED) is 0.803. The van der Waals surface area contributed by atoms with Crippen molar-refractivity contribution in [3.05, 3.63) is 71.8 Å². The number of piperazine rings is 1. The van der Waals surface area contributed by atoms with Crippen molar-refractivity contribution in [1.82, 2.24) is 15.1 Å². The second-order valence-corrected chi connectivity index (χ2v) is 6.89. The first-order valence-electron chi connectivity index (χ1n) is 9.85. The van der Waals surface area contributed by atoms with E-state index in [1.165, 1.54) is 5.56 Å². The summed E-state index contributed by atoms with van der Waals surface area (Å²) in [5, 5.41) is 3.03. The van der Waals surface area contributed by atoms with E-state index in [0.29, 0.717) is 6.54 Å². The second kappa shape index (κ2) is 10.5. The third-order valence-corrected chi connectivity index (χ3v) is 5.00. The van der Waals surface area contributed by atoms with E-state index in [0.717, 1.165) is 50.5 Å². The fourth-order valence-electron chi connectivity index (χ4n) is 3.36. The van der Waals surface area contributed by atoms with E-state index in [4.69, 9.17) is 4.74 Å². The number of nitrogens with one attached hydrogen (secondary N) is 1. The Bertz CT molecular complexity index is 768. The van der Waals surface area contributed by atoms with Gasteiger partial charge in [-0.1, -0.05) is 60.7 Å². The number of hydrogen-bond donors (Lipinski definition) is 1. The van der Waals surface area contributed by atoms with Gasteiger partial charge < -0.3 is 15.0 Å². The molecule has 0 unspecified atom stereocenters. The van der Waals surface area contributed by atoms with Crippen LogP contribution in [-0.2, 0) is 6.42 Å². The molecule has 148 valence electrons. The van der Waals surface area contributed by atoms with E-state index in [-0.39, 0.29) is 6.03 Å². The highest BCUT2D eigenvalue weighted by Gasteiger charge is 2.20. The molecule has 1 N–H and O–H groups in total. The molecule has 0 saturated carbocycles. The monoisotopic (exact) mass is 379 g/mol. The summed E-state index contributed by atoms with van der Waals surface area (Å²) in [6.45, 7) is 4.86. The predicted octanol–water partition coefficient (Wildman–Crippen LogP) is 3.28. The van der Waals surface area contributed by atoms with E-state index >= 15 is 0 Å². The van der Waals surface area contributed by atoms with Crippen LogP contribution in [0.1, 0.15) is 11.1 Å². The number of rotatable bonds is 7. The van der Waals surface area contributed by atoms with E-state index in [1.54, 1.807) is 7.11 Å². The van der Waals surface area contributed by atoms with Crippen LogP contribution in [-0.4, -0.2) is 62.2 Å². The molecule has 0 atom stereocenters. The standard InChI is InChI=1S/C23H29N3O2/c1-28-22-12-6-5-11-21(22)13-14-24-23(27)26-18-16-25(17-19-26)15-7-10-20-8-3-2-4-9-20/h2-12H,13-19H2,1H3,(H,24,27)/b10-7+. The Balaban J connectivity index is 1.36. The first kappa shape index (κ1) is 20.0. The number of amides is 2. The van der Waals surface area contributed by atoms with Crippen LogP contribution < -0.4 is 10.1 Å². The molecule has 2 amide bonds. The van der Waals surface area contributed by atoms with Crippen LogP contribution in [0.4, 0.5) is 4.79 Å². The van der Waals surface area contributed by atoms with Crippen LogP contribution >= 0.6 is 0 Å². The minimum atomic E-state index is 0.0226. The number of para-hydroxylation sites is 1. The van der Waals surface area contributed by atoms with Crippen molar-refractivity contribution < 1.29 is 9.53 Å². The van der Waals surface area contributed by atoms with Gasteiger partial charge in [0.2, 0.25) is 0 Å². The van der Waals surface area contributed by atoms with Crippen LogP contribution in [0.2, 0.25) is 0 Å². The maximum absolute atomic E-state index is 12.4. The highest BCUT2D eigenvalue weighted by atomic mass is 16.5. The molecule has 1 fully saturated rings. The number of methoxy groups -OCH3 is 1. The third kappa shape index (κ3) is 5.86. The Labute approximate surface area is 167 Å². The van der Waals surface area contributed by atoms with Gasteiger partial charge in [0.15, 0.2) is 0 Å². The zero-order valence-corrected chi connectivity index (χ0v) is 16.5. The average molecular weight is 380 g/mol. The molecule has 3 rings (SSSR count).